The highest BCUT2D eigenvalue weighted by molar-refractivity contribution is 9.10. The summed E-state index contributed by atoms with van der Waals surface area (Å²) in [6.45, 7) is 1.71. The van der Waals surface area contributed by atoms with Crippen molar-refractivity contribution in [3.05, 3.63) is 107 Å². The van der Waals surface area contributed by atoms with Crippen LogP contribution in [0.1, 0.15) is 28.3 Å². The number of carbonyl (C=O) groups is 3. The first-order chi connectivity index (χ1) is 23.1. The second-order valence-corrected chi connectivity index (χ2v) is 15.8. The molecule has 1 aromatic heterocycles. The highest BCUT2D eigenvalue weighted by Gasteiger charge is 2.70. The van der Waals surface area contributed by atoms with E-state index in [1.165, 1.54) is 29.2 Å². The number of thiazole rings is 1. The number of aromatic amines is 1. The molecule has 1 saturated heterocycles. The van der Waals surface area contributed by atoms with Crippen LogP contribution in [-0.2, 0) is 14.4 Å². The van der Waals surface area contributed by atoms with E-state index in [2.05, 4.69) is 26.2 Å². The van der Waals surface area contributed by atoms with Crippen molar-refractivity contribution in [1.82, 2.24) is 4.98 Å². The molecule has 48 heavy (non-hydrogen) atoms. The molecule has 0 unspecified atom stereocenters. The summed E-state index contributed by atoms with van der Waals surface area (Å²) in [6, 6.07) is 18.6. The second kappa shape index (κ2) is 11.7. The van der Waals surface area contributed by atoms with Gasteiger partial charge >= 0.3 is 4.87 Å². The van der Waals surface area contributed by atoms with E-state index in [0.717, 1.165) is 36.8 Å². The summed E-state index contributed by atoms with van der Waals surface area (Å²) in [5, 5.41) is 14.8. The number of hydrogen-bond acceptors (Lipinski definition) is 9. The van der Waals surface area contributed by atoms with Crippen LogP contribution in [-0.4, -0.2) is 39.5 Å². The molecule has 244 valence electrons. The van der Waals surface area contributed by atoms with Crippen LogP contribution in [0.25, 0.3) is 0 Å². The van der Waals surface area contributed by atoms with Gasteiger partial charge in [0.25, 0.3) is 11.6 Å². The molecule has 0 spiro atoms. The minimum Gasteiger partial charge on any atom is -0.483 e. The van der Waals surface area contributed by atoms with Gasteiger partial charge in [-0.25, -0.2) is 0 Å². The smallest absolute Gasteiger partial charge is 0.305 e. The summed E-state index contributed by atoms with van der Waals surface area (Å²) in [7, 11) is 0. The Morgan fingerprint density at radius 1 is 1.06 bits per heavy atom. The molecule has 2 N–H and O–H groups in total. The lowest BCUT2D eigenvalue weighted by molar-refractivity contribution is -0.384. The van der Waals surface area contributed by atoms with Crippen molar-refractivity contribution in [2.45, 2.75) is 29.5 Å². The normalized spacial score (nSPS) is 26.6. The number of nitrogens with one attached hydrogen (secondary N) is 2. The SMILES string of the molecule is Cc1cccc(NC(=O)COc2ccc(Br)cc2[C@@H]2c3sc(=O)[nH]c3S[C@@H]3[C@@H]4C[C@@H]([C@@H]5C(=O)N(c6ccc([N+](=O)[O-])cc6)C(=O)[C@@H]45)[C@H]23)c1. The van der Waals surface area contributed by atoms with Gasteiger partial charge in [0.15, 0.2) is 6.61 Å². The van der Waals surface area contributed by atoms with Crippen LogP contribution in [0.3, 0.4) is 0 Å². The molecule has 3 heterocycles. The summed E-state index contributed by atoms with van der Waals surface area (Å²) >= 11 is 6.33. The first kappa shape index (κ1) is 31.0. The molecule has 14 heteroatoms. The molecule has 2 aliphatic carbocycles. The minimum absolute atomic E-state index is 0.0518. The average Bonchev–Trinajstić information content (AvgIpc) is 3.79. The number of nitro groups is 1. The number of amides is 3. The third-order valence-corrected chi connectivity index (χ3v) is 13.1. The zero-order chi connectivity index (χ0) is 33.4. The van der Waals surface area contributed by atoms with Crippen molar-refractivity contribution < 1.29 is 24.0 Å². The number of ether oxygens (including phenoxy) is 1. The summed E-state index contributed by atoms with van der Waals surface area (Å²) in [4.78, 5) is 69.3. The second-order valence-electron chi connectivity index (χ2n) is 12.6. The summed E-state index contributed by atoms with van der Waals surface area (Å²) in [5.74, 6) is -2.12. The highest BCUT2D eigenvalue weighted by Crippen LogP contribution is 2.69. The molecule has 2 saturated carbocycles. The van der Waals surface area contributed by atoms with Gasteiger partial charge in [0.2, 0.25) is 11.8 Å². The third-order valence-electron chi connectivity index (χ3n) is 10.0. The minimum atomic E-state index is -0.545. The Bertz CT molecular complexity index is 2080. The third kappa shape index (κ3) is 4.99. The Balaban J connectivity index is 1.13. The fourth-order valence-corrected chi connectivity index (χ4v) is 11.6. The van der Waals surface area contributed by atoms with Gasteiger partial charge in [-0.2, -0.15) is 0 Å². The average molecular weight is 748 g/mol. The number of nitrogens with zero attached hydrogens (tertiary/aromatic N) is 2. The van der Waals surface area contributed by atoms with Crippen LogP contribution in [0.2, 0.25) is 0 Å². The number of halogens is 1. The van der Waals surface area contributed by atoms with Gasteiger partial charge in [0.05, 0.1) is 27.5 Å². The van der Waals surface area contributed by atoms with E-state index >= 15 is 0 Å². The van der Waals surface area contributed by atoms with Crippen molar-refractivity contribution in [3.8, 4) is 5.75 Å². The number of fused-ring (bicyclic) bond motifs is 9. The van der Waals surface area contributed by atoms with Gasteiger partial charge in [0.1, 0.15) is 5.75 Å². The van der Waals surface area contributed by atoms with Crippen LogP contribution in [0.5, 0.6) is 5.75 Å². The predicted molar refractivity (Wildman–Crippen MR) is 184 cm³/mol. The number of H-pyrrole nitrogens is 1. The molecular formula is C34H27BrN4O7S2. The molecular weight excluding hydrogens is 720 g/mol. The molecule has 11 nitrogen and oxygen atoms in total. The van der Waals surface area contributed by atoms with Crippen LogP contribution < -0.4 is 19.8 Å². The molecule has 8 rings (SSSR count). The number of thioether (sulfide) groups is 1. The Kier molecular flexibility index (Phi) is 7.57. The zero-order valence-electron chi connectivity index (χ0n) is 25.3. The van der Waals surface area contributed by atoms with Gasteiger partial charge in [0, 0.05) is 43.9 Å². The van der Waals surface area contributed by atoms with Crippen molar-refractivity contribution in [1.29, 1.82) is 0 Å². The number of benzene rings is 3. The summed E-state index contributed by atoms with van der Waals surface area (Å²) in [6.07, 6.45) is 0.696. The van der Waals surface area contributed by atoms with Crippen LogP contribution >= 0.6 is 39.0 Å². The molecule has 3 aromatic carbocycles. The van der Waals surface area contributed by atoms with E-state index in [0.29, 0.717) is 23.5 Å². The van der Waals surface area contributed by atoms with E-state index in [1.807, 2.05) is 49.4 Å². The van der Waals surface area contributed by atoms with Crippen LogP contribution in [0.15, 0.2) is 81.0 Å². The Hall–Kier alpha value is -4.27. The fraction of sp³-hybridized carbons (Fsp3) is 0.294. The number of imide groups is 1. The van der Waals surface area contributed by atoms with Gasteiger partial charge in [-0.3, -0.25) is 34.2 Å². The maximum Gasteiger partial charge on any atom is 0.305 e. The van der Waals surface area contributed by atoms with Gasteiger partial charge in [-0.15, -0.1) is 11.8 Å². The number of aromatic nitrogens is 1. The molecule has 3 fully saturated rings. The van der Waals surface area contributed by atoms with Gasteiger partial charge in [-0.05, 0) is 79.1 Å². The van der Waals surface area contributed by atoms with E-state index in [9.17, 15) is 29.3 Å². The first-order valence-corrected chi connectivity index (χ1v) is 17.9. The molecule has 7 atom stereocenters. The topological polar surface area (TPSA) is 152 Å². The largest absolute Gasteiger partial charge is 0.483 e. The van der Waals surface area contributed by atoms with Crippen molar-refractivity contribution in [2.24, 2.45) is 29.6 Å². The Morgan fingerprint density at radius 3 is 2.54 bits per heavy atom. The van der Waals surface area contributed by atoms with E-state index in [1.54, 1.807) is 11.8 Å². The number of aryl methyl sites for hydroxylation is 1. The lowest BCUT2D eigenvalue weighted by Gasteiger charge is -2.43. The summed E-state index contributed by atoms with van der Waals surface area (Å²) in [5.41, 5.74) is 2.69. The first-order valence-electron chi connectivity index (χ1n) is 15.4. The molecule has 3 amide bonds. The van der Waals surface area contributed by atoms with Crippen LogP contribution in [0.4, 0.5) is 17.1 Å². The zero-order valence-corrected chi connectivity index (χ0v) is 28.5. The lowest BCUT2D eigenvalue weighted by atomic mass is 9.68. The van der Waals surface area contributed by atoms with Crippen LogP contribution in [0, 0.1) is 46.6 Å². The number of non-ortho nitro benzene ring substituents is 1. The van der Waals surface area contributed by atoms with Gasteiger partial charge < -0.3 is 15.0 Å². The van der Waals surface area contributed by atoms with E-state index in [-0.39, 0.29) is 63.8 Å². The molecule has 0 radical (unpaired) electrons. The molecule has 2 aliphatic heterocycles. The maximum absolute atomic E-state index is 14.1. The maximum atomic E-state index is 14.1. The lowest BCUT2D eigenvalue weighted by Crippen LogP contribution is -2.42. The number of rotatable bonds is 7. The molecule has 2 bridgehead atoms. The summed E-state index contributed by atoms with van der Waals surface area (Å²) < 4.78 is 6.98. The standard InChI is InChI=1S/C34H27BrN4O7S2/c1-15-3-2-4-17(11-15)36-24(40)14-46-23-10-5-16(35)12-20(23)25-26-21-13-22(29(26)47-31-30(25)48-34(43)37-31)28-27(21)32(41)38(33(28)42)18-6-8-19(9-7-18)39(44)45/h2-12,21-22,25-29H,13-14H2,1H3,(H,36,40)(H,37,43)/t21-,22-,25+,26-,27+,28+,29-/m1/s1. The monoisotopic (exact) mass is 746 g/mol. The number of carbonyl (C=O) groups excluding carboxylic acids is 3. The van der Waals surface area contributed by atoms with E-state index < -0.39 is 16.8 Å². The highest BCUT2D eigenvalue weighted by atomic mass is 79.9. The molecule has 4 aromatic rings. The van der Waals surface area contributed by atoms with Gasteiger partial charge in [-0.1, -0.05) is 39.4 Å². The van der Waals surface area contributed by atoms with E-state index in [4.69, 9.17) is 4.74 Å². The number of nitro benzene ring substituents is 1. The number of anilines is 2. The fourth-order valence-electron chi connectivity index (χ4n) is 8.30. The quantitative estimate of drug-likeness (QED) is 0.131. The Morgan fingerprint density at radius 2 is 1.81 bits per heavy atom. The number of hydrogen-bond donors (Lipinski definition) is 2. The van der Waals surface area contributed by atoms with Crippen molar-refractivity contribution in [3.63, 3.8) is 0 Å². The van der Waals surface area contributed by atoms with Crippen molar-refractivity contribution in [2.75, 3.05) is 16.8 Å². The Labute approximate surface area is 290 Å². The predicted octanol–water partition coefficient (Wildman–Crippen LogP) is 6.11. The molecule has 4 aliphatic rings. The van der Waals surface area contributed by atoms with Crippen molar-refractivity contribution >= 4 is 73.8 Å².